The molecular weight excluding hydrogens is 216 g/mol. The summed E-state index contributed by atoms with van der Waals surface area (Å²) < 4.78 is 24.8. The third-order valence-corrected chi connectivity index (χ3v) is 3.95. The van der Waals surface area contributed by atoms with Crippen LogP contribution >= 0.6 is 0 Å². The number of anilines is 1. The van der Waals surface area contributed by atoms with E-state index in [2.05, 4.69) is 10.4 Å². The Balaban J connectivity index is 3.06. The number of nitrogens with one attached hydrogen (secondary N) is 1. The van der Waals surface area contributed by atoms with Gasteiger partial charge in [0, 0.05) is 19.8 Å². The van der Waals surface area contributed by atoms with Gasteiger partial charge in [-0.1, -0.05) is 6.92 Å². The molecule has 1 rings (SSSR count). The Morgan fingerprint density at radius 1 is 1.53 bits per heavy atom. The van der Waals surface area contributed by atoms with E-state index >= 15 is 0 Å². The van der Waals surface area contributed by atoms with Crippen LogP contribution in [-0.4, -0.2) is 31.3 Å². The van der Waals surface area contributed by atoms with Crippen LogP contribution in [0.4, 0.5) is 5.82 Å². The molecule has 0 aromatic carbocycles. The van der Waals surface area contributed by atoms with Crippen molar-refractivity contribution in [2.75, 3.05) is 19.0 Å². The molecule has 3 N–H and O–H groups in total. The van der Waals surface area contributed by atoms with Gasteiger partial charge in [0.25, 0.3) is 0 Å². The summed E-state index contributed by atoms with van der Waals surface area (Å²) in [5.74, 6) is 5.55. The molecule has 15 heavy (non-hydrogen) atoms. The highest BCUT2D eigenvalue weighted by atomic mass is 32.2. The van der Waals surface area contributed by atoms with Gasteiger partial charge in [-0.25, -0.2) is 23.5 Å². The van der Waals surface area contributed by atoms with Gasteiger partial charge in [-0.05, 0) is 12.1 Å². The van der Waals surface area contributed by atoms with Crippen molar-refractivity contribution in [3.63, 3.8) is 0 Å². The summed E-state index contributed by atoms with van der Waals surface area (Å²) in [5.41, 5.74) is 2.33. The Hall–Kier alpha value is -1.18. The van der Waals surface area contributed by atoms with E-state index in [1.807, 2.05) is 0 Å². The zero-order chi connectivity index (χ0) is 11.5. The smallest absolute Gasteiger partial charge is 0.244 e. The van der Waals surface area contributed by atoms with Gasteiger partial charge in [0.15, 0.2) is 0 Å². The molecule has 0 atom stereocenters. The molecule has 84 valence electrons. The molecule has 0 aliphatic rings. The number of aromatic nitrogens is 1. The number of sulfonamides is 1. The van der Waals surface area contributed by atoms with E-state index < -0.39 is 10.0 Å². The van der Waals surface area contributed by atoms with Gasteiger partial charge >= 0.3 is 0 Å². The predicted molar refractivity (Wildman–Crippen MR) is 57.5 cm³/mol. The van der Waals surface area contributed by atoms with Crippen molar-refractivity contribution in [1.82, 2.24) is 9.29 Å². The molecule has 7 heteroatoms. The molecule has 0 amide bonds. The van der Waals surface area contributed by atoms with Crippen molar-refractivity contribution < 1.29 is 8.42 Å². The van der Waals surface area contributed by atoms with Crippen molar-refractivity contribution in [2.45, 2.75) is 11.8 Å². The van der Waals surface area contributed by atoms with Gasteiger partial charge in [0.1, 0.15) is 10.7 Å². The number of rotatable bonds is 4. The van der Waals surface area contributed by atoms with Crippen molar-refractivity contribution >= 4 is 15.8 Å². The van der Waals surface area contributed by atoms with E-state index in [9.17, 15) is 8.42 Å². The Labute approximate surface area is 89.1 Å². The fourth-order valence-electron chi connectivity index (χ4n) is 0.968. The number of hydrogen-bond donors (Lipinski definition) is 2. The quantitative estimate of drug-likeness (QED) is 0.562. The van der Waals surface area contributed by atoms with Gasteiger partial charge in [0.05, 0.1) is 0 Å². The molecule has 0 saturated carbocycles. The molecule has 0 unspecified atom stereocenters. The van der Waals surface area contributed by atoms with Gasteiger partial charge in [0.2, 0.25) is 10.0 Å². The topological polar surface area (TPSA) is 88.3 Å². The molecule has 0 bridgehead atoms. The molecule has 0 radical (unpaired) electrons. The van der Waals surface area contributed by atoms with Crippen LogP contribution in [0.25, 0.3) is 0 Å². The van der Waals surface area contributed by atoms with Gasteiger partial charge in [-0.2, -0.15) is 0 Å². The van der Waals surface area contributed by atoms with Crippen LogP contribution < -0.4 is 11.3 Å². The van der Waals surface area contributed by atoms with E-state index in [1.165, 1.54) is 29.7 Å². The lowest BCUT2D eigenvalue weighted by molar-refractivity contribution is 0.486. The van der Waals surface area contributed by atoms with E-state index in [0.29, 0.717) is 12.4 Å². The fourth-order valence-corrected chi connectivity index (χ4v) is 2.09. The van der Waals surface area contributed by atoms with E-state index in [0.717, 1.165) is 0 Å². The lowest BCUT2D eigenvalue weighted by Crippen LogP contribution is -2.26. The second kappa shape index (κ2) is 4.56. The lowest BCUT2D eigenvalue weighted by atomic mass is 10.5. The summed E-state index contributed by atoms with van der Waals surface area (Å²) in [6.07, 6.45) is 1.27. The minimum absolute atomic E-state index is 0.158. The molecular formula is C8H14N4O2S. The molecule has 1 aromatic rings. The van der Waals surface area contributed by atoms with Crippen molar-refractivity contribution in [1.29, 1.82) is 0 Å². The summed E-state index contributed by atoms with van der Waals surface area (Å²) in [6.45, 7) is 2.18. The maximum absolute atomic E-state index is 11.8. The van der Waals surface area contributed by atoms with Crippen LogP contribution in [0.15, 0.2) is 23.2 Å². The first-order chi connectivity index (χ1) is 7.02. The predicted octanol–water partition coefficient (Wildman–Crippen LogP) is 0.00760. The summed E-state index contributed by atoms with van der Waals surface area (Å²) in [7, 11) is -1.89. The second-order valence-corrected chi connectivity index (χ2v) is 4.99. The Kier molecular flexibility index (Phi) is 3.61. The first-order valence-corrected chi connectivity index (χ1v) is 5.85. The highest BCUT2D eigenvalue weighted by Crippen LogP contribution is 2.14. The standard InChI is InChI=1S/C8H14N4O2S/c1-3-12(2)15(13,14)7-4-5-8(11-9)10-6-7/h4-6H,3,9H2,1-2H3,(H,10,11). The largest absolute Gasteiger partial charge is 0.308 e. The van der Waals surface area contributed by atoms with Crippen LogP contribution in [0, 0.1) is 0 Å². The molecule has 0 fully saturated rings. The number of nitrogens with zero attached hydrogens (tertiary/aromatic N) is 2. The normalized spacial score (nSPS) is 11.7. The Bertz CT molecular complexity index is 415. The van der Waals surface area contributed by atoms with Gasteiger partial charge in [-0.3, -0.25) is 0 Å². The highest BCUT2D eigenvalue weighted by Gasteiger charge is 2.19. The monoisotopic (exact) mass is 230 g/mol. The second-order valence-electron chi connectivity index (χ2n) is 2.94. The minimum atomic E-state index is -3.41. The summed E-state index contributed by atoms with van der Waals surface area (Å²) >= 11 is 0. The zero-order valence-electron chi connectivity index (χ0n) is 8.64. The molecule has 0 aliphatic heterocycles. The third-order valence-electron chi connectivity index (χ3n) is 2.04. The zero-order valence-corrected chi connectivity index (χ0v) is 9.45. The number of hydrogen-bond acceptors (Lipinski definition) is 5. The number of nitrogens with two attached hydrogens (primary N) is 1. The first kappa shape index (κ1) is 11.9. The summed E-state index contributed by atoms with van der Waals surface area (Å²) in [5, 5.41) is 0. The SMILES string of the molecule is CCN(C)S(=O)(=O)c1ccc(NN)nc1. The van der Waals surface area contributed by atoms with Crippen LogP contribution in [0.2, 0.25) is 0 Å². The average Bonchev–Trinajstić information content (AvgIpc) is 2.28. The van der Waals surface area contributed by atoms with Gasteiger partial charge in [-0.15, -0.1) is 0 Å². The first-order valence-electron chi connectivity index (χ1n) is 4.41. The average molecular weight is 230 g/mol. The Morgan fingerprint density at radius 2 is 2.20 bits per heavy atom. The summed E-state index contributed by atoms with van der Waals surface area (Å²) in [4.78, 5) is 4.00. The van der Waals surface area contributed by atoms with Crippen molar-refractivity contribution in [2.24, 2.45) is 5.84 Å². The molecule has 1 aromatic heterocycles. The third kappa shape index (κ3) is 2.44. The summed E-state index contributed by atoms with van der Waals surface area (Å²) in [6, 6.07) is 2.97. The van der Waals surface area contributed by atoms with Crippen LogP contribution in [0.3, 0.4) is 0 Å². The minimum Gasteiger partial charge on any atom is -0.308 e. The molecule has 6 nitrogen and oxygen atoms in total. The maximum atomic E-state index is 11.8. The van der Waals surface area contributed by atoms with E-state index in [4.69, 9.17) is 5.84 Å². The molecule has 1 heterocycles. The van der Waals surface area contributed by atoms with Crippen LogP contribution in [0.1, 0.15) is 6.92 Å². The van der Waals surface area contributed by atoms with Crippen molar-refractivity contribution in [3.05, 3.63) is 18.3 Å². The van der Waals surface area contributed by atoms with Gasteiger partial charge < -0.3 is 5.43 Å². The van der Waals surface area contributed by atoms with E-state index in [1.54, 1.807) is 6.92 Å². The highest BCUT2D eigenvalue weighted by molar-refractivity contribution is 7.89. The van der Waals surface area contributed by atoms with Crippen LogP contribution in [0.5, 0.6) is 0 Å². The lowest BCUT2D eigenvalue weighted by Gasteiger charge is -2.14. The van der Waals surface area contributed by atoms with E-state index in [-0.39, 0.29) is 4.90 Å². The molecule has 0 aliphatic carbocycles. The molecule has 0 spiro atoms. The Morgan fingerprint density at radius 3 is 2.60 bits per heavy atom. The maximum Gasteiger partial charge on any atom is 0.244 e. The fraction of sp³-hybridized carbons (Fsp3) is 0.375. The number of nitrogen functional groups attached to an aromatic ring is 1. The van der Waals surface area contributed by atoms with Crippen LogP contribution in [-0.2, 0) is 10.0 Å². The number of hydrazine groups is 1. The number of pyridine rings is 1. The van der Waals surface area contributed by atoms with Crippen molar-refractivity contribution in [3.8, 4) is 0 Å². The molecule has 0 saturated heterocycles.